The molecule has 1 aromatic rings. The van der Waals surface area contributed by atoms with Gasteiger partial charge >= 0.3 is 0 Å². The third-order valence-corrected chi connectivity index (χ3v) is 3.67. The van der Waals surface area contributed by atoms with E-state index in [9.17, 15) is 0 Å². The summed E-state index contributed by atoms with van der Waals surface area (Å²) in [6, 6.07) is 0.582. The molecule has 1 aliphatic heterocycles. The molecule has 0 unspecified atom stereocenters. The minimum Gasteiger partial charge on any atom is -0.396 e. The molecule has 1 aliphatic rings. The standard InChI is InChI=1S/C9H15N3S/c1-7-9(10)6-11-12(7)8-2-4-13-5-3-8/h6,8H,2-5,10H2,1H3. The van der Waals surface area contributed by atoms with Crippen LogP contribution >= 0.6 is 11.8 Å². The summed E-state index contributed by atoms with van der Waals surface area (Å²) in [5, 5.41) is 4.32. The summed E-state index contributed by atoms with van der Waals surface area (Å²) >= 11 is 2.03. The topological polar surface area (TPSA) is 43.8 Å². The number of nitrogen functional groups attached to an aromatic ring is 1. The van der Waals surface area contributed by atoms with Gasteiger partial charge in [0.25, 0.3) is 0 Å². The summed E-state index contributed by atoms with van der Waals surface area (Å²) in [6.45, 7) is 2.05. The van der Waals surface area contributed by atoms with E-state index in [4.69, 9.17) is 5.73 Å². The molecule has 3 nitrogen and oxygen atoms in total. The number of hydrogen-bond acceptors (Lipinski definition) is 3. The van der Waals surface area contributed by atoms with E-state index >= 15 is 0 Å². The highest BCUT2D eigenvalue weighted by molar-refractivity contribution is 7.99. The van der Waals surface area contributed by atoms with Crippen LogP contribution in [0.4, 0.5) is 5.69 Å². The summed E-state index contributed by atoms with van der Waals surface area (Å²) in [6.07, 6.45) is 4.22. The second kappa shape index (κ2) is 3.62. The molecule has 0 saturated carbocycles. The average Bonchev–Trinajstić information content (AvgIpc) is 2.49. The van der Waals surface area contributed by atoms with Crippen LogP contribution < -0.4 is 5.73 Å². The van der Waals surface area contributed by atoms with E-state index in [-0.39, 0.29) is 0 Å². The van der Waals surface area contributed by atoms with Gasteiger partial charge in [0.2, 0.25) is 0 Å². The van der Waals surface area contributed by atoms with Crippen molar-refractivity contribution in [1.29, 1.82) is 0 Å². The van der Waals surface area contributed by atoms with E-state index in [0.29, 0.717) is 6.04 Å². The summed E-state index contributed by atoms with van der Waals surface area (Å²) in [5.41, 5.74) is 7.70. The lowest BCUT2D eigenvalue weighted by Gasteiger charge is -2.22. The van der Waals surface area contributed by atoms with Crippen LogP contribution in [0.15, 0.2) is 6.20 Å². The smallest absolute Gasteiger partial charge is 0.0730 e. The lowest BCUT2D eigenvalue weighted by molar-refractivity contribution is 0.418. The molecule has 0 aliphatic carbocycles. The fourth-order valence-electron chi connectivity index (χ4n) is 1.73. The van der Waals surface area contributed by atoms with Crippen LogP contribution in [0.2, 0.25) is 0 Å². The van der Waals surface area contributed by atoms with E-state index in [1.807, 2.05) is 18.7 Å². The van der Waals surface area contributed by atoms with Crippen molar-refractivity contribution in [2.45, 2.75) is 25.8 Å². The minimum atomic E-state index is 0.582. The molecular formula is C9H15N3S. The zero-order chi connectivity index (χ0) is 9.26. The second-order valence-electron chi connectivity index (χ2n) is 3.47. The van der Waals surface area contributed by atoms with Crippen LogP contribution in [0.25, 0.3) is 0 Å². The molecule has 0 bridgehead atoms. The Morgan fingerprint density at radius 1 is 1.54 bits per heavy atom. The van der Waals surface area contributed by atoms with Gasteiger partial charge in [-0.15, -0.1) is 0 Å². The number of rotatable bonds is 1. The predicted octanol–water partition coefficient (Wildman–Crippen LogP) is 1.84. The third kappa shape index (κ3) is 1.68. The Bertz CT molecular complexity index is 289. The first kappa shape index (κ1) is 8.94. The van der Waals surface area contributed by atoms with Gasteiger partial charge in [-0.1, -0.05) is 0 Å². The predicted molar refractivity (Wildman–Crippen MR) is 57.0 cm³/mol. The molecule has 1 aromatic heterocycles. The summed E-state index contributed by atoms with van der Waals surface area (Å²) in [7, 11) is 0. The molecule has 1 fully saturated rings. The molecule has 13 heavy (non-hydrogen) atoms. The molecule has 0 spiro atoms. The number of nitrogens with two attached hydrogens (primary N) is 1. The highest BCUT2D eigenvalue weighted by Crippen LogP contribution is 2.28. The van der Waals surface area contributed by atoms with Crippen LogP contribution in [0.5, 0.6) is 0 Å². The number of anilines is 1. The van der Waals surface area contributed by atoms with E-state index in [1.54, 1.807) is 6.20 Å². The lowest BCUT2D eigenvalue weighted by Crippen LogP contribution is -2.17. The van der Waals surface area contributed by atoms with Gasteiger partial charge in [-0.3, -0.25) is 4.68 Å². The fraction of sp³-hybridized carbons (Fsp3) is 0.667. The number of aromatic nitrogens is 2. The van der Waals surface area contributed by atoms with Crippen molar-refractivity contribution in [2.24, 2.45) is 0 Å². The van der Waals surface area contributed by atoms with Crippen molar-refractivity contribution in [3.05, 3.63) is 11.9 Å². The fourth-order valence-corrected chi connectivity index (χ4v) is 2.82. The molecule has 72 valence electrons. The molecule has 1 saturated heterocycles. The first-order valence-electron chi connectivity index (χ1n) is 4.66. The van der Waals surface area contributed by atoms with E-state index in [1.165, 1.54) is 24.3 Å². The van der Waals surface area contributed by atoms with Gasteiger partial charge in [0, 0.05) is 0 Å². The van der Waals surface area contributed by atoms with Crippen molar-refractivity contribution in [3.63, 3.8) is 0 Å². The molecule has 0 amide bonds. The van der Waals surface area contributed by atoms with Gasteiger partial charge < -0.3 is 5.73 Å². The largest absolute Gasteiger partial charge is 0.396 e. The monoisotopic (exact) mass is 197 g/mol. The van der Waals surface area contributed by atoms with Crippen LogP contribution in [0.1, 0.15) is 24.6 Å². The van der Waals surface area contributed by atoms with Crippen molar-refractivity contribution in [1.82, 2.24) is 9.78 Å². The Labute approximate surface area is 82.7 Å². The Morgan fingerprint density at radius 3 is 2.77 bits per heavy atom. The number of hydrogen-bond donors (Lipinski definition) is 1. The Hall–Kier alpha value is -0.640. The Morgan fingerprint density at radius 2 is 2.23 bits per heavy atom. The highest BCUT2D eigenvalue weighted by atomic mass is 32.2. The second-order valence-corrected chi connectivity index (χ2v) is 4.70. The quantitative estimate of drug-likeness (QED) is 0.747. The van der Waals surface area contributed by atoms with Crippen molar-refractivity contribution in [3.8, 4) is 0 Å². The van der Waals surface area contributed by atoms with Crippen LogP contribution in [-0.2, 0) is 0 Å². The maximum absolute atomic E-state index is 5.76. The summed E-state index contributed by atoms with van der Waals surface area (Å²) in [5.74, 6) is 2.51. The first-order chi connectivity index (χ1) is 6.29. The zero-order valence-electron chi connectivity index (χ0n) is 7.86. The van der Waals surface area contributed by atoms with Gasteiger partial charge in [0.05, 0.1) is 23.6 Å². The van der Waals surface area contributed by atoms with Crippen LogP contribution in [0, 0.1) is 6.92 Å². The van der Waals surface area contributed by atoms with Gasteiger partial charge in [0.15, 0.2) is 0 Å². The number of thioether (sulfide) groups is 1. The van der Waals surface area contributed by atoms with Crippen LogP contribution in [0.3, 0.4) is 0 Å². The van der Waals surface area contributed by atoms with E-state index in [0.717, 1.165) is 11.4 Å². The minimum absolute atomic E-state index is 0.582. The first-order valence-corrected chi connectivity index (χ1v) is 5.82. The van der Waals surface area contributed by atoms with Gasteiger partial charge in [-0.25, -0.2) is 0 Å². The van der Waals surface area contributed by atoms with E-state index in [2.05, 4.69) is 9.78 Å². The SMILES string of the molecule is Cc1c(N)cnn1C1CCSCC1. The summed E-state index contributed by atoms with van der Waals surface area (Å²) in [4.78, 5) is 0. The molecule has 0 radical (unpaired) electrons. The molecule has 2 heterocycles. The third-order valence-electron chi connectivity index (χ3n) is 2.62. The van der Waals surface area contributed by atoms with Crippen molar-refractivity contribution in [2.75, 3.05) is 17.2 Å². The molecule has 0 atom stereocenters. The lowest BCUT2D eigenvalue weighted by atomic mass is 10.1. The normalized spacial score (nSPS) is 19.2. The van der Waals surface area contributed by atoms with Gasteiger partial charge in [0.1, 0.15) is 0 Å². The Kier molecular flexibility index (Phi) is 2.49. The molecule has 2 N–H and O–H groups in total. The van der Waals surface area contributed by atoms with Crippen molar-refractivity contribution < 1.29 is 0 Å². The van der Waals surface area contributed by atoms with E-state index < -0.39 is 0 Å². The van der Waals surface area contributed by atoms with Crippen molar-refractivity contribution >= 4 is 17.4 Å². The molecule has 2 rings (SSSR count). The Balaban J connectivity index is 2.18. The maximum Gasteiger partial charge on any atom is 0.0730 e. The van der Waals surface area contributed by atoms with Gasteiger partial charge in [-0.05, 0) is 31.3 Å². The van der Waals surface area contributed by atoms with Gasteiger partial charge in [-0.2, -0.15) is 16.9 Å². The zero-order valence-corrected chi connectivity index (χ0v) is 8.68. The molecular weight excluding hydrogens is 182 g/mol. The summed E-state index contributed by atoms with van der Waals surface area (Å²) < 4.78 is 2.09. The molecule has 4 heteroatoms. The van der Waals surface area contributed by atoms with Crippen LogP contribution in [-0.4, -0.2) is 21.3 Å². The number of nitrogens with zero attached hydrogens (tertiary/aromatic N) is 2. The average molecular weight is 197 g/mol. The highest BCUT2D eigenvalue weighted by Gasteiger charge is 2.18. The maximum atomic E-state index is 5.76. The molecule has 0 aromatic carbocycles.